The number of fused-ring (bicyclic) bond motifs is 2. The van der Waals surface area contributed by atoms with Crippen LogP contribution in [-0.2, 0) is 6.54 Å². The highest BCUT2D eigenvalue weighted by molar-refractivity contribution is 5.79. The predicted molar refractivity (Wildman–Crippen MR) is 114 cm³/mol. The molecule has 1 saturated carbocycles. The Bertz CT molecular complexity index is 1330. The number of nitrogens with zero attached hydrogens (tertiary/aromatic N) is 7. The van der Waals surface area contributed by atoms with Gasteiger partial charge < -0.3 is 14.8 Å². The number of methoxy groups -OCH3 is 1. The van der Waals surface area contributed by atoms with E-state index in [1.54, 1.807) is 28.9 Å². The van der Waals surface area contributed by atoms with Gasteiger partial charge in [0.05, 0.1) is 30.4 Å². The number of halogens is 1. The van der Waals surface area contributed by atoms with E-state index in [0.717, 1.165) is 29.6 Å². The summed E-state index contributed by atoms with van der Waals surface area (Å²) in [7, 11) is 1.57. The number of hydrogen-bond donors (Lipinski definition) is 1. The molecule has 4 aromatic heterocycles. The molecule has 1 aliphatic carbocycles. The van der Waals surface area contributed by atoms with Crippen LogP contribution in [0, 0.1) is 6.92 Å². The molecule has 2 aliphatic rings. The van der Waals surface area contributed by atoms with Crippen LogP contribution in [-0.4, -0.2) is 54.4 Å². The average Bonchev–Trinajstić information content (AvgIpc) is 3.52. The molecule has 32 heavy (non-hydrogen) atoms. The first-order valence-electron chi connectivity index (χ1n) is 10.5. The summed E-state index contributed by atoms with van der Waals surface area (Å²) in [4.78, 5) is 13.4. The zero-order valence-electron chi connectivity index (χ0n) is 17.6. The van der Waals surface area contributed by atoms with E-state index < -0.39 is 6.17 Å². The van der Waals surface area contributed by atoms with Crippen molar-refractivity contribution in [2.24, 2.45) is 0 Å². The summed E-state index contributed by atoms with van der Waals surface area (Å²) in [6.45, 7) is 1.73. The normalized spacial score (nSPS) is 18.0. The molecule has 164 valence electrons. The second kappa shape index (κ2) is 7.14. The van der Waals surface area contributed by atoms with Gasteiger partial charge in [0.2, 0.25) is 11.8 Å². The molecule has 0 spiro atoms. The Kier molecular flexibility index (Phi) is 4.23. The summed E-state index contributed by atoms with van der Waals surface area (Å²) in [5.41, 5.74) is 3.57. The van der Waals surface area contributed by atoms with Crippen molar-refractivity contribution < 1.29 is 13.9 Å². The Hall–Kier alpha value is -3.76. The van der Waals surface area contributed by atoms with Gasteiger partial charge in [0.25, 0.3) is 5.88 Å². The molecule has 0 aromatic carbocycles. The van der Waals surface area contributed by atoms with E-state index in [4.69, 9.17) is 9.47 Å². The Balaban J connectivity index is 1.54. The van der Waals surface area contributed by atoms with Gasteiger partial charge in [-0.3, -0.25) is 0 Å². The van der Waals surface area contributed by atoms with Crippen molar-refractivity contribution in [3.8, 4) is 17.4 Å². The summed E-state index contributed by atoms with van der Waals surface area (Å²) in [6, 6.07) is 3.70. The van der Waals surface area contributed by atoms with Crippen molar-refractivity contribution in [3.63, 3.8) is 0 Å². The van der Waals surface area contributed by atoms with Gasteiger partial charge in [0, 0.05) is 18.3 Å². The number of nitrogens with one attached hydrogen (secondary N) is 1. The minimum Gasteiger partial charge on any atom is -0.479 e. The number of alkyl halides is 1. The van der Waals surface area contributed by atoms with Crippen molar-refractivity contribution in [1.82, 2.24) is 34.5 Å². The number of pyridine rings is 1. The zero-order chi connectivity index (χ0) is 21.8. The van der Waals surface area contributed by atoms with Crippen LogP contribution in [0.15, 0.2) is 24.5 Å². The maximum Gasteiger partial charge on any atom is 0.257 e. The van der Waals surface area contributed by atoms with E-state index in [1.165, 1.54) is 0 Å². The highest BCUT2D eigenvalue weighted by Gasteiger charge is 2.35. The van der Waals surface area contributed by atoms with Crippen LogP contribution >= 0.6 is 0 Å². The van der Waals surface area contributed by atoms with Crippen molar-refractivity contribution in [2.75, 3.05) is 19.0 Å². The maximum atomic E-state index is 14.9. The number of aromatic nitrogens is 7. The lowest BCUT2D eigenvalue weighted by molar-refractivity contribution is 0.171. The fourth-order valence-electron chi connectivity index (χ4n) is 4.06. The fourth-order valence-corrected chi connectivity index (χ4v) is 4.06. The molecule has 1 N–H and O–H groups in total. The molecule has 1 fully saturated rings. The smallest absolute Gasteiger partial charge is 0.257 e. The molecule has 0 saturated heterocycles. The zero-order valence-corrected chi connectivity index (χ0v) is 17.6. The van der Waals surface area contributed by atoms with Crippen LogP contribution in [0.3, 0.4) is 0 Å². The topological polar surface area (TPSA) is 105 Å². The highest BCUT2D eigenvalue weighted by atomic mass is 19.1. The van der Waals surface area contributed by atoms with Crippen LogP contribution in [0.4, 0.5) is 16.0 Å². The van der Waals surface area contributed by atoms with Crippen molar-refractivity contribution in [3.05, 3.63) is 35.9 Å². The number of anilines is 2. The molecule has 1 unspecified atom stereocenters. The predicted octanol–water partition coefficient (Wildman–Crippen LogP) is 3.08. The summed E-state index contributed by atoms with van der Waals surface area (Å²) in [5, 5.41) is 13.2. The Morgan fingerprint density at radius 2 is 2.12 bits per heavy atom. The maximum absolute atomic E-state index is 14.9. The highest BCUT2D eigenvalue weighted by Crippen LogP contribution is 2.48. The van der Waals surface area contributed by atoms with Gasteiger partial charge >= 0.3 is 0 Å². The summed E-state index contributed by atoms with van der Waals surface area (Å²) < 4.78 is 29.5. The lowest BCUT2D eigenvalue weighted by Crippen LogP contribution is -2.20. The van der Waals surface area contributed by atoms with Gasteiger partial charge in [-0.2, -0.15) is 10.1 Å². The van der Waals surface area contributed by atoms with E-state index in [2.05, 4.69) is 30.5 Å². The van der Waals surface area contributed by atoms with Gasteiger partial charge in [-0.25, -0.2) is 23.7 Å². The van der Waals surface area contributed by atoms with Crippen LogP contribution in [0.1, 0.15) is 30.1 Å². The molecule has 1 atom stereocenters. The fraction of sp³-hybridized carbons (Fsp3) is 0.381. The van der Waals surface area contributed by atoms with Gasteiger partial charge in [0.1, 0.15) is 18.0 Å². The lowest BCUT2D eigenvalue weighted by atomic mass is 10.2. The van der Waals surface area contributed by atoms with E-state index in [-0.39, 0.29) is 19.1 Å². The third-order valence-electron chi connectivity index (χ3n) is 5.71. The summed E-state index contributed by atoms with van der Waals surface area (Å²) >= 11 is 0. The lowest BCUT2D eigenvalue weighted by Gasteiger charge is -2.11. The molecule has 2 bridgehead atoms. The molecule has 10 nitrogen and oxygen atoms in total. The second-order valence-corrected chi connectivity index (χ2v) is 8.01. The van der Waals surface area contributed by atoms with Gasteiger partial charge in [0.15, 0.2) is 11.8 Å². The molecule has 5 heterocycles. The summed E-state index contributed by atoms with van der Waals surface area (Å²) in [5.74, 6) is 1.38. The Morgan fingerprint density at radius 3 is 2.94 bits per heavy atom. The first kappa shape index (κ1) is 19.0. The standard InChI is InChI=1S/C21H21FN8O2/c1-11-14-8-24-21-25-16-17(12-5-6-12)30(15-4-3-7-23-19(15)31-2)28-20(16)32-10-13(22)9-29(27-11)18(14)26-21/h3-4,7-8,12-13H,5-6,9-10H2,1-2H3,(H,24,25,26). The van der Waals surface area contributed by atoms with E-state index in [9.17, 15) is 4.39 Å². The van der Waals surface area contributed by atoms with Crippen molar-refractivity contribution >= 4 is 22.7 Å². The van der Waals surface area contributed by atoms with Gasteiger partial charge in [-0.05, 0) is 31.9 Å². The first-order chi connectivity index (χ1) is 15.6. The molecular weight excluding hydrogens is 415 g/mol. The number of ether oxygens (including phenoxy) is 2. The summed E-state index contributed by atoms with van der Waals surface area (Å²) in [6.07, 6.45) is 4.11. The first-order valence-corrected chi connectivity index (χ1v) is 10.5. The van der Waals surface area contributed by atoms with Crippen molar-refractivity contribution in [1.29, 1.82) is 0 Å². The molecule has 1 aliphatic heterocycles. The number of aryl methyl sites for hydroxylation is 1. The van der Waals surface area contributed by atoms with Crippen LogP contribution in [0.25, 0.3) is 16.7 Å². The molecule has 11 heteroatoms. The second-order valence-electron chi connectivity index (χ2n) is 8.01. The average molecular weight is 436 g/mol. The van der Waals surface area contributed by atoms with Crippen LogP contribution in [0.5, 0.6) is 11.8 Å². The molecule has 6 rings (SSSR count). The van der Waals surface area contributed by atoms with Gasteiger partial charge in [-0.15, -0.1) is 5.10 Å². The van der Waals surface area contributed by atoms with E-state index >= 15 is 0 Å². The third kappa shape index (κ3) is 3.03. The minimum atomic E-state index is -1.29. The monoisotopic (exact) mass is 436 g/mol. The number of hydrogen-bond acceptors (Lipinski definition) is 8. The largest absolute Gasteiger partial charge is 0.479 e. The molecular formula is C21H21FN8O2. The van der Waals surface area contributed by atoms with Crippen LogP contribution < -0.4 is 14.8 Å². The number of rotatable bonds is 3. The van der Waals surface area contributed by atoms with E-state index in [1.807, 2.05) is 19.1 Å². The van der Waals surface area contributed by atoms with Crippen LogP contribution in [0.2, 0.25) is 0 Å². The minimum absolute atomic E-state index is 0.0305. The SMILES string of the molecule is COc1ncccc1-n1nc2c(c1C1CC1)Nc1ncc3c(C)nn(c3n1)CC(F)CO2. The quantitative estimate of drug-likeness (QED) is 0.522. The Morgan fingerprint density at radius 1 is 1.25 bits per heavy atom. The molecule has 0 radical (unpaired) electrons. The molecule has 4 aromatic rings. The van der Waals surface area contributed by atoms with Crippen molar-refractivity contribution in [2.45, 2.75) is 38.4 Å². The Labute approximate surface area is 182 Å². The molecule has 0 amide bonds. The van der Waals surface area contributed by atoms with Gasteiger partial charge in [-0.1, -0.05) is 0 Å². The van der Waals surface area contributed by atoms with E-state index in [0.29, 0.717) is 34.7 Å². The third-order valence-corrected chi connectivity index (χ3v) is 5.71.